The Labute approximate surface area is 157 Å². The number of non-ortho nitro benzene ring substituents is 2. The van der Waals surface area contributed by atoms with E-state index < -0.39 is 9.85 Å². The van der Waals surface area contributed by atoms with E-state index >= 15 is 0 Å². The van der Waals surface area contributed by atoms with Crippen molar-refractivity contribution in [2.45, 2.75) is 13.8 Å². The number of rotatable bonds is 7. The SMILES string of the molecule is CCN(CC)C(=Nc1cccc([N+](=O)[O-])c1)[Se]c1ccc([N+](=O)[O-])cc1. The van der Waals surface area contributed by atoms with Gasteiger partial charge in [0.2, 0.25) is 0 Å². The number of amidine groups is 1. The molecular formula is C17H18N4O4Se. The Morgan fingerprint density at radius 3 is 2.15 bits per heavy atom. The summed E-state index contributed by atoms with van der Waals surface area (Å²) in [6.45, 7) is 5.52. The summed E-state index contributed by atoms with van der Waals surface area (Å²) in [4.78, 5) is 27.6. The Hall–Kier alpha value is -2.77. The molecule has 0 aromatic heterocycles. The van der Waals surface area contributed by atoms with E-state index in [0.717, 1.165) is 22.3 Å². The van der Waals surface area contributed by atoms with E-state index in [1.54, 1.807) is 24.3 Å². The second-order valence-electron chi connectivity index (χ2n) is 5.20. The first-order chi connectivity index (χ1) is 12.4. The van der Waals surface area contributed by atoms with E-state index in [0.29, 0.717) is 5.69 Å². The summed E-state index contributed by atoms with van der Waals surface area (Å²) in [5.41, 5.74) is 0.558. The van der Waals surface area contributed by atoms with Gasteiger partial charge in [0.25, 0.3) is 0 Å². The third-order valence-corrected chi connectivity index (χ3v) is 5.74. The van der Waals surface area contributed by atoms with Crippen molar-refractivity contribution in [1.82, 2.24) is 4.90 Å². The summed E-state index contributed by atoms with van der Waals surface area (Å²) in [5.74, 6) is 0. The van der Waals surface area contributed by atoms with Gasteiger partial charge in [-0.05, 0) is 0 Å². The molecule has 8 nitrogen and oxygen atoms in total. The minimum atomic E-state index is -0.447. The summed E-state index contributed by atoms with van der Waals surface area (Å²) < 4.78 is 1.76. The van der Waals surface area contributed by atoms with Crippen LogP contribution in [0.15, 0.2) is 53.5 Å². The number of nitro benzene ring substituents is 2. The van der Waals surface area contributed by atoms with Crippen LogP contribution in [-0.2, 0) is 0 Å². The molecule has 0 bridgehead atoms. The van der Waals surface area contributed by atoms with Crippen molar-refractivity contribution < 1.29 is 9.85 Å². The van der Waals surface area contributed by atoms with Crippen LogP contribution in [0.5, 0.6) is 0 Å². The molecule has 0 heterocycles. The van der Waals surface area contributed by atoms with Crippen LogP contribution in [0.4, 0.5) is 17.1 Å². The van der Waals surface area contributed by atoms with E-state index in [9.17, 15) is 20.2 Å². The Bertz CT molecular complexity index is 820. The number of hydrogen-bond acceptors (Lipinski definition) is 5. The molecule has 0 radical (unpaired) electrons. The number of nitrogens with zero attached hydrogens (tertiary/aromatic N) is 4. The maximum absolute atomic E-state index is 11.0. The molecule has 0 fully saturated rings. The van der Waals surface area contributed by atoms with Crippen molar-refractivity contribution in [1.29, 1.82) is 0 Å². The van der Waals surface area contributed by atoms with Gasteiger partial charge in [0.05, 0.1) is 0 Å². The first-order valence-corrected chi connectivity index (χ1v) is 9.66. The predicted octanol–water partition coefficient (Wildman–Crippen LogP) is 2.86. The molecule has 136 valence electrons. The Balaban J connectivity index is 2.35. The quantitative estimate of drug-likeness (QED) is 0.225. The Morgan fingerprint density at radius 2 is 1.62 bits per heavy atom. The van der Waals surface area contributed by atoms with Crippen molar-refractivity contribution in [3.05, 3.63) is 68.8 Å². The topological polar surface area (TPSA) is 102 Å². The number of hydrogen-bond donors (Lipinski definition) is 0. The normalized spacial score (nSPS) is 11.2. The van der Waals surface area contributed by atoms with Gasteiger partial charge in [-0.3, -0.25) is 0 Å². The molecule has 26 heavy (non-hydrogen) atoms. The fraction of sp³-hybridized carbons (Fsp3) is 0.235. The zero-order valence-electron chi connectivity index (χ0n) is 14.4. The van der Waals surface area contributed by atoms with Gasteiger partial charge < -0.3 is 0 Å². The van der Waals surface area contributed by atoms with Crippen LogP contribution in [0.2, 0.25) is 0 Å². The Morgan fingerprint density at radius 1 is 1.00 bits per heavy atom. The zero-order chi connectivity index (χ0) is 19.1. The molecule has 0 spiro atoms. The van der Waals surface area contributed by atoms with E-state index in [4.69, 9.17) is 0 Å². The van der Waals surface area contributed by atoms with Crippen molar-refractivity contribution in [3.63, 3.8) is 0 Å². The van der Waals surface area contributed by atoms with Gasteiger partial charge in [-0.1, -0.05) is 0 Å². The van der Waals surface area contributed by atoms with Crippen LogP contribution in [0.25, 0.3) is 0 Å². The van der Waals surface area contributed by atoms with E-state index in [1.165, 1.54) is 24.3 Å². The number of aliphatic imine (C=N–C) groups is 1. The monoisotopic (exact) mass is 422 g/mol. The van der Waals surface area contributed by atoms with Gasteiger partial charge in [-0.15, -0.1) is 0 Å². The summed E-state index contributed by atoms with van der Waals surface area (Å²) in [7, 11) is 0. The number of benzene rings is 2. The molecule has 0 amide bonds. The summed E-state index contributed by atoms with van der Waals surface area (Å²) in [5, 5.41) is 21.7. The minimum absolute atomic E-state index is 0.00650. The van der Waals surface area contributed by atoms with Crippen LogP contribution >= 0.6 is 0 Å². The average molecular weight is 421 g/mol. The molecule has 0 aliphatic heterocycles. The van der Waals surface area contributed by atoms with Crippen LogP contribution in [0.3, 0.4) is 0 Å². The van der Waals surface area contributed by atoms with Crippen molar-refractivity contribution in [2.24, 2.45) is 4.99 Å². The maximum atomic E-state index is 11.0. The van der Waals surface area contributed by atoms with Gasteiger partial charge in [-0.25, -0.2) is 0 Å². The van der Waals surface area contributed by atoms with Crippen molar-refractivity contribution in [3.8, 4) is 0 Å². The first kappa shape index (κ1) is 19.6. The van der Waals surface area contributed by atoms with E-state index in [2.05, 4.69) is 9.89 Å². The molecule has 9 heteroatoms. The second kappa shape index (κ2) is 9.07. The molecule has 0 aliphatic carbocycles. The van der Waals surface area contributed by atoms with Gasteiger partial charge >= 0.3 is 157 Å². The van der Waals surface area contributed by atoms with Crippen LogP contribution < -0.4 is 4.46 Å². The van der Waals surface area contributed by atoms with E-state index in [-0.39, 0.29) is 26.3 Å². The van der Waals surface area contributed by atoms with Crippen LogP contribution in [-0.4, -0.2) is 47.5 Å². The first-order valence-electron chi connectivity index (χ1n) is 7.95. The standard InChI is InChI=1S/C17H18N4O4Se/c1-3-19(4-2)17(18-13-6-5-7-15(12-13)21(24)25)26-16-10-8-14(9-11-16)20(22)23/h5-12H,3-4H2,1-2H3. The number of nitro groups is 2. The third-order valence-electron chi connectivity index (χ3n) is 3.56. The fourth-order valence-corrected chi connectivity index (χ4v) is 4.32. The molecular weight excluding hydrogens is 403 g/mol. The molecule has 2 rings (SSSR count). The molecule has 2 aromatic rings. The third kappa shape index (κ3) is 5.11. The van der Waals surface area contributed by atoms with Crippen LogP contribution in [0, 0.1) is 20.2 Å². The van der Waals surface area contributed by atoms with Crippen molar-refractivity contribution in [2.75, 3.05) is 13.1 Å². The van der Waals surface area contributed by atoms with Gasteiger partial charge in [0, 0.05) is 0 Å². The fourth-order valence-electron chi connectivity index (χ4n) is 2.18. The molecule has 0 aliphatic rings. The summed E-state index contributed by atoms with van der Waals surface area (Å²) >= 11 is -0.189. The van der Waals surface area contributed by atoms with Gasteiger partial charge in [0.15, 0.2) is 0 Å². The molecule has 0 atom stereocenters. The average Bonchev–Trinajstić information content (AvgIpc) is 2.63. The summed E-state index contributed by atoms with van der Waals surface area (Å²) in [6.07, 6.45) is 0. The predicted molar refractivity (Wildman–Crippen MR) is 102 cm³/mol. The van der Waals surface area contributed by atoms with Gasteiger partial charge in [0.1, 0.15) is 0 Å². The molecule has 0 N–H and O–H groups in total. The van der Waals surface area contributed by atoms with Gasteiger partial charge in [-0.2, -0.15) is 0 Å². The molecule has 0 unspecified atom stereocenters. The van der Waals surface area contributed by atoms with Crippen molar-refractivity contribution >= 4 is 41.2 Å². The molecule has 0 saturated heterocycles. The molecule has 0 saturated carbocycles. The van der Waals surface area contributed by atoms with Crippen LogP contribution in [0.1, 0.15) is 13.8 Å². The molecule has 2 aromatic carbocycles. The summed E-state index contributed by atoms with van der Waals surface area (Å²) in [6, 6.07) is 12.6. The zero-order valence-corrected chi connectivity index (χ0v) is 16.1. The Kier molecular flexibility index (Phi) is 6.82. The second-order valence-corrected chi connectivity index (χ2v) is 7.38. The van der Waals surface area contributed by atoms with E-state index in [1.807, 2.05) is 13.8 Å².